The fourth-order valence-corrected chi connectivity index (χ4v) is 4.84. The molecule has 0 aliphatic carbocycles. The Balaban J connectivity index is 2.06. The van der Waals surface area contributed by atoms with E-state index in [2.05, 4.69) is 6.07 Å². The van der Waals surface area contributed by atoms with Crippen LogP contribution in [0.2, 0.25) is 0 Å². The third kappa shape index (κ3) is 2.43. The van der Waals surface area contributed by atoms with E-state index >= 15 is 0 Å². The fourth-order valence-electron chi connectivity index (χ4n) is 2.49. The molecule has 1 saturated heterocycles. The third-order valence-electron chi connectivity index (χ3n) is 3.54. The number of amides is 2. The molecule has 2 aliphatic rings. The molecule has 2 aliphatic heterocycles. The van der Waals surface area contributed by atoms with Gasteiger partial charge in [-0.05, 0) is 43.3 Å². The molecule has 0 radical (unpaired) electrons. The van der Waals surface area contributed by atoms with Gasteiger partial charge >= 0.3 is 0 Å². The monoisotopic (exact) mass is 336 g/mol. The number of hydrogen-bond donors (Lipinski definition) is 1. The lowest BCUT2D eigenvalue weighted by Gasteiger charge is -2.20. The summed E-state index contributed by atoms with van der Waals surface area (Å²) in [5.41, 5.74) is 2.11. The summed E-state index contributed by atoms with van der Waals surface area (Å²) in [6.45, 7) is 4.55. The second-order valence-corrected chi connectivity index (χ2v) is 6.99. The summed E-state index contributed by atoms with van der Waals surface area (Å²) >= 11 is 2.47. The van der Waals surface area contributed by atoms with Gasteiger partial charge < -0.3 is 10.0 Å². The number of anilines is 1. The van der Waals surface area contributed by atoms with E-state index in [0.29, 0.717) is 18.0 Å². The van der Waals surface area contributed by atoms with Crippen molar-refractivity contribution in [2.24, 2.45) is 0 Å². The van der Waals surface area contributed by atoms with Crippen molar-refractivity contribution in [2.45, 2.75) is 18.7 Å². The molecule has 0 aromatic heterocycles. The molecule has 2 amide bonds. The number of β-amino-alcohol motifs (C(OH)–C–C–N with tert-alkyl or cyclic N) is 1. The van der Waals surface area contributed by atoms with Crippen molar-refractivity contribution in [3.05, 3.63) is 33.7 Å². The van der Waals surface area contributed by atoms with Crippen LogP contribution in [0.1, 0.15) is 12.5 Å². The zero-order valence-corrected chi connectivity index (χ0v) is 14.0. The van der Waals surface area contributed by atoms with Gasteiger partial charge in [-0.2, -0.15) is 0 Å². The first-order valence-corrected chi connectivity index (χ1v) is 8.65. The Morgan fingerprint density at radius 3 is 2.59 bits per heavy atom. The SMILES string of the molecule is CCN1C(=O)S/C(=C2\Sc3cc(C)ccc3N2CCO)C1=O. The first-order valence-electron chi connectivity index (χ1n) is 7.01. The van der Waals surface area contributed by atoms with Crippen LogP contribution >= 0.6 is 23.5 Å². The Bertz CT molecular complexity index is 687. The number of rotatable bonds is 3. The number of aliphatic hydroxyl groups excluding tert-OH is 1. The molecular weight excluding hydrogens is 320 g/mol. The summed E-state index contributed by atoms with van der Waals surface area (Å²) in [4.78, 5) is 29.0. The molecule has 1 aromatic rings. The highest BCUT2D eigenvalue weighted by molar-refractivity contribution is 8.19. The van der Waals surface area contributed by atoms with Crippen LogP contribution in [0.4, 0.5) is 10.5 Å². The summed E-state index contributed by atoms with van der Waals surface area (Å²) in [5, 5.41) is 9.86. The number of aliphatic hydroxyl groups is 1. The second kappa shape index (κ2) is 5.98. The minimum Gasteiger partial charge on any atom is -0.395 e. The lowest BCUT2D eigenvalue weighted by molar-refractivity contribution is -0.122. The van der Waals surface area contributed by atoms with Gasteiger partial charge in [0.2, 0.25) is 0 Å². The average molecular weight is 336 g/mol. The van der Waals surface area contributed by atoms with Gasteiger partial charge in [0.05, 0.1) is 12.3 Å². The van der Waals surface area contributed by atoms with Crippen LogP contribution in [0.3, 0.4) is 0 Å². The van der Waals surface area contributed by atoms with Crippen molar-refractivity contribution in [3.63, 3.8) is 0 Å². The molecule has 2 heterocycles. The summed E-state index contributed by atoms with van der Waals surface area (Å²) in [6, 6.07) is 6.05. The quantitative estimate of drug-likeness (QED) is 0.857. The lowest BCUT2D eigenvalue weighted by atomic mass is 10.2. The van der Waals surface area contributed by atoms with Gasteiger partial charge in [0.15, 0.2) is 0 Å². The van der Waals surface area contributed by atoms with Crippen LogP contribution in [-0.2, 0) is 4.79 Å². The largest absolute Gasteiger partial charge is 0.395 e. The predicted molar refractivity (Wildman–Crippen MR) is 88.9 cm³/mol. The normalized spacial score (nSPS) is 21.0. The highest BCUT2D eigenvalue weighted by atomic mass is 32.2. The molecule has 0 atom stereocenters. The zero-order valence-electron chi connectivity index (χ0n) is 12.3. The van der Waals surface area contributed by atoms with Crippen LogP contribution < -0.4 is 4.90 Å². The van der Waals surface area contributed by atoms with Gasteiger partial charge in [-0.15, -0.1) is 0 Å². The Morgan fingerprint density at radius 1 is 1.18 bits per heavy atom. The van der Waals surface area contributed by atoms with Crippen molar-refractivity contribution in [1.82, 2.24) is 4.90 Å². The highest BCUT2D eigenvalue weighted by Crippen LogP contribution is 2.50. The molecule has 116 valence electrons. The number of aryl methyl sites for hydroxylation is 1. The standard InChI is InChI=1S/C15H16N2O3S2/c1-3-16-13(19)12(22-15(16)20)14-17(6-7-18)10-5-4-9(2)8-11(10)21-14/h4-5,8,18H,3,6-7H2,1-2H3/b14-12-. The van der Waals surface area contributed by atoms with Gasteiger partial charge in [0, 0.05) is 18.0 Å². The molecule has 0 unspecified atom stereocenters. The van der Waals surface area contributed by atoms with Crippen molar-refractivity contribution in [3.8, 4) is 0 Å². The van der Waals surface area contributed by atoms with Crippen LogP contribution in [0, 0.1) is 6.92 Å². The van der Waals surface area contributed by atoms with E-state index in [-0.39, 0.29) is 17.8 Å². The van der Waals surface area contributed by atoms with Crippen LogP contribution in [0.15, 0.2) is 33.0 Å². The lowest BCUT2D eigenvalue weighted by Crippen LogP contribution is -2.29. The molecule has 0 bridgehead atoms. The molecule has 1 N–H and O–H groups in total. The molecule has 1 fully saturated rings. The maximum absolute atomic E-state index is 12.4. The Kier molecular flexibility index (Phi) is 4.20. The number of hydrogen-bond acceptors (Lipinski definition) is 6. The van der Waals surface area contributed by atoms with E-state index in [0.717, 1.165) is 32.9 Å². The third-order valence-corrected chi connectivity index (χ3v) is 5.80. The Morgan fingerprint density at radius 2 is 1.95 bits per heavy atom. The number of nitrogens with zero attached hydrogens (tertiary/aromatic N) is 2. The predicted octanol–water partition coefficient (Wildman–Crippen LogP) is 2.78. The van der Waals surface area contributed by atoms with Gasteiger partial charge in [0.25, 0.3) is 11.1 Å². The van der Waals surface area contributed by atoms with Crippen molar-refractivity contribution in [1.29, 1.82) is 0 Å². The first-order chi connectivity index (χ1) is 10.6. The van der Waals surface area contributed by atoms with Crippen LogP contribution in [0.5, 0.6) is 0 Å². The maximum Gasteiger partial charge on any atom is 0.293 e. The number of thioether (sulfide) groups is 2. The van der Waals surface area contributed by atoms with Gasteiger partial charge in [-0.25, -0.2) is 0 Å². The van der Waals surface area contributed by atoms with E-state index in [1.807, 2.05) is 24.0 Å². The Labute approximate surface area is 137 Å². The molecule has 0 spiro atoms. The fraction of sp³-hybridized carbons (Fsp3) is 0.333. The van der Waals surface area contributed by atoms with Crippen LogP contribution in [0.25, 0.3) is 0 Å². The van der Waals surface area contributed by atoms with Gasteiger partial charge in [-0.1, -0.05) is 17.8 Å². The summed E-state index contributed by atoms with van der Waals surface area (Å²) in [5.74, 6) is -0.243. The van der Waals surface area contributed by atoms with E-state index in [9.17, 15) is 14.7 Å². The van der Waals surface area contributed by atoms with Gasteiger partial charge in [-0.3, -0.25) is 14.5 Å². The number of benzene rings is 1. The average Bonchev–Trinajstić information content (AvgIpc) is 2.97. The van der Waals surface area contributed by atoms with E-state index in [1.54, 1.807) is 6.92 Å². The van der Waals surface area contributed by atoms with E-state index in [1.165, 1.54) is 16.7 Å². The van der Waals surface area contributed by atoms with Gasteiger partial charge in [0.1, 0.15) is 9.93 Å². The molecule has 22 heavy (non-hydrogen) atoms. The minimum absolute atomic E-state index is 0.0189. The highest BCUT2D eigenvalue weighted by Gasteiger charge is 2.40. The zero-order chi connectivity index (χ0) is 15.9. The molecule has 0 saturated carbocycles. The number of carbonyl (C=O) groups is 2. The number of likely N-dealkylation sites (N-methyl/N-ethyl adjacent to an activating group) is 1. The summed E-state index contributed by atoms with van der Waals surface area (Å²) in [6.07, 6.45) is 0. The minimum atomic E-state index is -0.243. The maximum atomic E-state index is 12.4. The van der Waals surface area contributed by atoms with Crippen molar-refractivity contribution >= 4 is 40.4 Å². The number of fused-ring (bicyclic) bond motifs is 1. The second-order valence-electron chi connectivity index (χ2n) is 5.00. The van der Waals surface area contributed by atoms with Crippen molar-refractivity contribution < 1.29 is 14.7 Å². The molecular formula is C15H16N2O3S2. The Hall–Kier alpha value is -1.44. The van der Waals surface area contributed by atoms with Crippen LogP contribution in [-0.4, -0.2) is 40.8 Å². The molecule has 7 heteroatoms. The molecule has 3 rings (SSSR count). The van der Waals surface area contributed by atoms with E-state index < -0.39 is 0 Å². The molecule has 1 aromatic carbocycles. The summed E-state index contributed by atoms with van der Waals surface area (Å²) < 4.78 is 0. The topological polar surface area (TPSA) is 60.9 Å². The summed E-state index contributed by atoms with van der Waals surface area (Å²) in [7, 11) is 0. The number of carbonyl (C=O) groups excluding carboxylic acids is 2. The van der Waals surface area contributed by atoms with E-state index in [4.69, 9.17) is 0 Å². The van der Waals surface area contributed by atoms with Crippen molar-refractivity contribution in [2.75, 3.05) is 24.6 Å². The molecule has 5 nitrogen and oxygen atoms in total. The smallest absolute Gasteiger partial charge is 0.293 e. The number of imide groups is 1. The first kappa shape index (κ1) is 15.5.